The second-order valence-electron chi connectivity index (χ2n) is 5.53. The maximum Gasteiger partial charge on any atom is 0.211 e. The van der Waals surface area contributed by atoms with E-state index >= 15 is 0 Å². The van der Waals surface area contributed by atoms with Crippen LogP contribution in [0.3, 0.4) is 0 Å². The van der Waals surface area contributed by atoms with Gasteiger partial charge in [-0.2, -0.15) is 0 Å². The summed E-state index contributed by atoms with van der Waals surface area (Å²) in [5.41, 5.74) is 1.11. The van der Waals surface area contributed by atoms with Crippen molar-refractivity contribution in [2.75, 3.05) is 13.1 Å². The summed E-state index contributed by atoms with van der Waals surface area (Å²) in [5, 5.41) is 0.0139. The van der Waals surface area contributed by atoms with Crippen molar-refractivity contribution in [3.63, 3.8) is 0 Å². The molecule has 0 aromatic heterocycles. The van der Waals surface area contributed by atoms with E-state index in [1.54, 1.807) is 24.3 Å². The van der Waals surface area contributed by atoms with Crippen molar-refractivity contribution in [3.05, 3.63) is 46.1 Å². The SMILES string of the molecule is C[C@@H]1CN(C2=C(Cl)C(=O)c3ccccc3C2=O)C[C@H](C)O1. The van der Waals surface area contributed by atoms with Crippen molar-refractivity contribution in [2.45, 2.75) is 26.1 Å². The van der Waals surface area contributed by atoms with Gasteiger partial charge in [-0.1, -0.05) is 35.9 Å². The molecule has 0 saturated carbocycles. The lowest BCUT2D eigenvalue weighted by Crippen LogP contribution is -2.47. The van der Waals surface area contributed by atoms with E-state index in [9.17, 15) is 9.59 Å². The Kier molecular flexibility index (Phi) is 3.59. The van der Waals surface area contributed by atoms with Crippen LogP contribution in [0.25, 0.3) is 0 Å². The van der Waals surface area contributed by atoms with Gasteiger partial charge in [0.1, 0.15) is 10.7 Å². The quantitative estimate of drug-likeness (QED) is 0.800. The number of ether oxygens (including phenoxy) is 1. The topological polar surface area (TPSA) is 46.6 Å². The number of Topliss-reactive ketones (excluding diaryl/α,β-unsaturated/α-hetero) is 2. The third-order valence-corrected chi connectivity index (χ3v) is 4.13. The number of rotatable bonds is 1. The maximum atomic E-state index is 12.7. The Morgan fingerprint density at radius 2 is 1.57 bits per heavy atom. The van der Waals surface area contributed by atoms with Crippen LogP contribution in [0.1, 0.15) is 34.6 Å². The number of fused-ring (bicyclic) bond motifs is 1. The van der Waals surface area contributed by atoms with E-state index in [1.165, 1.54) is 0 Å². The molecule has 1 saturated heterocycles. The number of allylic oxidation sites excluding steroid dienone is 2. The van der Waals surface area contributed by atoms with Gasteiger partial charge < -0.3 is 9.64 Å². The van der Waals surface area contributed by atoms with Crippen molar-refractivity contribution < 1.29 is 14.3 Å². The molecule has 1 fully saturated rings. The zero-order valence-electron chi connectivity index (χ0n) is 11.9. The second-order valence-corrected chi connectivity index (χ2v) is 5.91. The predicted octanol–water partition coefficient (Wildman–Crippen LogP) is 2.63. The Morgan fingerprint density at radius 3 is 2.14 bits per heavy atom. The van der Waals surface area contributed by atoms with E-state index in [4.69, 9.17) is 16.3 Å². The molecule has 21 heavy (non-hydrogen) atoms. The fourth-order valence-electron chi connectivity index (χ4n) is 2.98. The average molecular weight is 306 g/mol. The number of nitrogens with zero attached hydrogens (tertiary/aromatic N) is 1. The molecule has 0 N–H and O–H groups in total. The lowest BCUT2D eigenvalue weighted by Gasteiger charge is -2.38. The average Bonchev–Trinajstić information content (AvgIpc) is 2.44. The molecule has 1 aromatic carbocycles. The van der Waals surface area contributed by atoms with Crippen LogP contribution in [0.15, 0.2) is 35.0 Å². The molecule has 3 rings (SSSR count). The zero-order valence-corrected chi connectivity index (χ0v) is 12.7. The Morgan fingerprint density at radius 1 is 1.05 bits per heavy atom. The highest BCUT2D eigenvalue weighted by Crippen LogP contribution is 2.31. The Balaban J connectivity index is 2.04. The number of morpholine rings is 1. The minimum Gasteiger partial charge on any atom is -0.372 e. The lowest BCUT2D eigenvalue weighted by atomic mass is 9.91. The minimum absolute atomic E-state index is 0.00853. The van der Waals surface area contributed by atoms with E-state index in [2.05, 4.69) is 0 Å². The summed E-state index contributed by atoms with van der Waals surface area (Å²) in [6.07, 6.45) is -0.0171. The number of hydrogen-bond acceptors (Lipinski definition) is 4. The Labute approximate surface area is 128 Å². The van der Waals surface area contributed by atoms with Gasteiger partial charge in [0.25, 0.3) is 0 Å². The van der Waals surface area contributed by atoms with E-state index in [-0.39, 0.29) is 28.8 Å². The third-order valence-electron chi connectivity index (χ3n) is 3.77. The molecule has 1 aliphatic heterocycles. The number of benzene rings is 1. The molecule has 5 heteroatoms. The highest BCUT2D eigenvalue weighted by atomic mass is 35.5. The number of carbonyl (C=O) groups is 2. The van der Waals surface area contributed by atoms with Gasteiger partial charge in [0.2, 0.25) is 11.6 Å². The van der Waals surface area contributed by atoms with Crippen LogP contribution in [-0.4, -0.2) is 41.8 Å². The largest absolute Gasteiger partial charge is 0.372 e. The number of ketones is 2. The van der Waals surface area contributed by atoms with Crippen LogP contribution in [0.2, 0.25) is 0 Å². The van der Waals surface area contributed by atoms with Crippen molar-refractivity contribution in [1.82, 2.24) is 4.90 Å². The highest BCUT2D eigenvalue weighted by molar-refractivity contribution is 6.49. The second kappa shape index (κ2) is 5.28. The molecule has 1 aliphatic carbocycles. The summed E-state index contributed by atoms with van der Waals surface area (Å²) in [5.74, 6) is -0.467. The molecule has 1 heterocycles. The van der Waals surface area contributed by atoms with Crippen molar-refractivity contribution in [3.8, 4) is 0 Å². The minimum atomic E-state index is -0.284. The van der Waals surface area contributed by atoms with Crippen LogP contribution in [0, 0.1) is 0 Å². The van der Waals surface area contributed by atoms with Gasteiger partial charge in [-0.05, 0) is 13.8 Å². The first-order valence-electron chi connectivity index (χ1n) is 6.97. The van der Waals surface area contributed by atoms with Gasteiger partial charge in [0, 0.05) is 24.2 Å². The molecule has 0 bridgehead atoms. The molecule has 2 aliphatic rings. The number of halogens is 1. The van der Waals surface area contributed by atoms with Gasteiger partial charge in [0.15, 0.2) is 0 Å². The fraction of sp³-hybridized carbons (Fsp3) is 0.375. The standard InChI is InChI=1S/C16H16ClNO3/c1-9-7-18(8-10(2)21-9)14-13(17)15(19)11-5-3-4-6-12(11)16(14)20/h3-6,9-10H,7-8H2,1-2H3/t9-,10+. The summed E-state index contributed by atoms with van der Waals surface area (Å²) in [7, 11) is 0. The summed E-state index contributed by atoms with van der Waals surface area (Å²) in [6.45, 7) is 4.99. The smallest absolute Gasteiger partial charge is 0.211 e. The van der Waals surface area contributed by atoms with E-state index in [0.29, 0.717) is 29.9 Å². The lowest BCUT2D eigenvalue weighted by molar-refractivity contribution is -0.0572. The molecule has 1 aromatic rings. The first kappa shape index (κ1) is 14.3. The molecule has 0 unspecified atom stereocenters. The molecule has 0 amide bonds. The van der Waals surface area contributed by atoms with Gasteiger partial charge in [-0.25, -0.2) is 0 Å². The number of carbonyl (C=O) groups excluding carboxylic acids is 2. The monoisotopic (exact) mass is 305 g/mol. The molecule has 110 valence electrons. The van der Waals surface area contributed by atoms with E-state index in [1.807, 2.05) is 18.7 Å². The molecule has 2 atom stereocenters. The third kappa shape index (κ3) is 2.39. The molecular weight excluding hydrogens is 290 g/mol. The first-order valence-corrected chi connectivity index (χ1v) is 7.35. The van der Waals surface area contributed by atoms with Gasteiger partial charge >= 0.3 is 0 Å². The predicted molar refractivity (Wildman–Crippen MR) is 79.6 cm³/mol. The van der Waals surface area contributed by atoms with Crippen LogP contribution in [0.5, 0.6) is 0 Å². The van der Waals surface area contributed by atoms with Gasteiger partial charge in [-0.3, -0.25) is 9.59 Å². The first-order chi connectivity index (χ1) is 9.99. The molecule has 0 radical (unpaired) electrons. The van der Waals surface area contributed by atoms with Crippen molar-refractivity contribution in [2.24, 2.45) is 0 Å². The Hall–Kier alpha value is -1.65. The van der Waals surface area contributed by atoms with Gasteiger partial charge in [-0.15, -0.1) is 0 Å². The van der Waals surface area contributed by atoms with Gasteiger partial charge in [0.05, 0.1) is 12.2 Å². The molecule has 0 spiro atoms. The van der Waals surface area contributed by atoms with Crippen LogP contribution in [0.4, 0.5) is 0 Å². The normalized spacial score (nSPS) is 26.1. The highest BCUT2D eigenvalue weighted by Gasteiger charge is 2.36. The van der Waals surface area contributed by atoms with Crippen LogP contribution < -0.4 is 0 Å². The van der Waals surface area contributed by atoms with Crippen molar-refractivity contribution >= 4 is 23.2 Å². The van der Waals surface area contributed by atoms with E-state index < -0.39 is 0 Å². The van der Waals surface area contributed by atoms with Crippen LogP contribution >= 0.6 is 11.6 Å². The maximum absolute atomic E-state index is 12.7. The molecular formula is C16H16ClNO3. The zero-order chi connectivity index (χ0) is 15.1. The summed E-state index contributed by atoms with van der Waals surface area (Å²) in [4.78, 5) is 27.0. The summed E-state index contributed by atoms with van der Waals surface area (Å²) >= 11 is 6.21. The van der Waals surface area contributed by atoms with Crippen molar-refractivity contribution in [1.29, 1.82) is 0 Å². The molecule has 4 nitrogen and oxygen atoms in total. The van der Waals surface area contributed by atoms with E-state index in [0.717, 1.165) is 0 Å². The number of hydrogen-bond donors (Lipinski definition) is 0. The Bertz CT molecular complexity index is 643. The van der Waals surface area contributed by atoms with Crippen LogP contribution in [-0.2, 0) is 4.74 Å². The summed E-state index contributed by atoms with van der Waals surface area (Å²) in [6, 6.07) is 6.80. The fourth-order valence-corrected chi connectivity index (χ4v) is 3.28. The summed E-state index contributed by atoms with van der Waals surface area (Å²) < 4.78 is 5.67.